The summed E-state index contributed by atoms with van der Waals surface area (Å²) in [6.07, 6.45) is 3.29. The molecule has 0 bridgehead atoms. The molecule has 3 aromatic carbocycles. The fourth-order valence-corrected chi connectivity index (χ4v) is 4.70. The summed E-state index contributed by atoms with van der Waals surface area (Å²) < 4.78 is 5.96. The molecule has 0 aliphatic carbocycles. The minimum Gasteiger partial charge on any atom is -0.507 e. The van der Waals surface area contributed by atoms with Crippen molar-refractivity contribution in [1.29, 1.82) is 0 Å². The topological polar surface area (TPSA) is 79.7 Å². The number of Topliss-reactive ketones (excluding diaryl/α,β-unsaturated/α-hetero) is 1. The highest BCUT2D eigenvalue weighted by Crippen LogP contribution is 2.41. The zero-order valence-corrected chi connectivity index (χ0v) is 21.4. The fourth-order valence-electron chi connectivity index (χ4n) is 4.57. The monoisotopic (exact) mass is 524 g/mol. The van der Waals surface area contributed by atoms with E-state index in [-0.39, 0.29) is 17.9 Å². The lowest BCUT2D eigenvalue weighted by Gasteiger charge is -2.25. The number of aliphatic hydroxyl groups excluding tert-OH is 1. The fraction of sp³-hybridized carbons (Fsp3) is 0.129. The highest BCUT2D eigenvalue weighted by atomic mass is 35.5. The Balaban J connectivity index is 1.51. The van der Waals surface area contributed by atoms with Gasteiger partial charge in [-0.05, 0) is 65.6 Å². The van der Waals surface area contributed by atoms with Gasteiger partial charge < -0.3 is 14.7 Å². The Hall–Kier alpha value is -4.42. The highest BCUT2D eigenvalue weighted by molar-refractivity contribution is 6.46. The second-order valence-corrected chi connectivity index (χ2v) is 9.53. The lowest BCUT2D eigenvalue weighted by atomic mass is 9.94. The van der Waals surface area contributed by atoms with Crippen molar-refractivity contribution in [2.75, 3.05) is 0 Å². The standard InChI is InChI=1S/C31H25ClN2O4/c1-20-16-24(11-14-26(20)38-19-21-6-3-2-4-7-21)29(35)27-28(23-9-12-25(32)13-10-23)34(31(37)30(27)36)18-22-8-5-15-33-17-22/h2-17,28,35H,18-19H2,1H3/t28-/m0/s1. The third kappa shape index (κ3) is 5.17. The van der Waals surface area contributed by atoms with Crippen LogP contribution in [0.1, 0.15) is 33.9 Å². The molecule has 5 rings (SSSR count). The molecule has 1 aromatic heterocycles. The number of hydrogen-bond acceptors (Lipinski definition) is 5. The number of aliphatic hydroxyl groups is 1. The van der Waals surface area contributed by atoms with Gasteiger partial charge in [-0.2, -0.15) is 0 Å². The van der Waals surface area contributed by atoms with Crippen LogP contribution < -0.4 is 4.74 Å². The second kappa shape index (κ2) is 10.9. The van der Waals surface area contributed by atoms with Crippen molar-refractivity contribution in [2.24, 2.45) is 0 Å². The van der Waals surface area contributed by atoms with Crippen LogP contribution in [-0.4, -0.2) is 26.7 Å². The van der Waals surface area contributed by atoms with Gasteiger partial charge in [0.25, 0.3) is 11.7 Å². The maximum Gasteiger partial charge on any atom is 0.295 e. The maximum absolute atomic E-state index is 13.3. The Bertz CT molecular complexity index is 1500. The molecule has 2 heterocycles. The molecule has 1 N–H and O–H groups in total. The van der Waals surface area contributed by atoms with Gasteiger partial charge in [0.15, 0.2) is 0 Å². The first-order valence-corrected chi connectivity index (χ1v) is 12.5. The van der Waals surface area contributed by atoms with E-state index in [1.54, 1.807) is 60.9 Å². The SMILES string of the molecule is Cc1cc(C(O)=C2C(=O)C(=O)N(Cc3cccnc3)[C@H]2c2ccc(Cl)cc2)ccc1OCc1ccccc1. The molecular weight excluding hydrogens is 500 g/mol. The number of rotatable bonds is 7. The number of ketones is 1. The van der Waals surface area contributed by atoms with E-state index in [4.69, 9.17) is 16.3 Å². The Kier molecular flexibility index (Phi) is 7.24. The van der Waals surface area contributed by atoms with Crippen LogP contribution in [0.3, 0.4) is 0 Å². The van der Waals surface area contributed by atoms with Crippen LogP contribution in [0.15, 0.2) is 103 Å². The second-order valence-electron chi connectivity index (χ2n) is 9.09. The molecule has 1 aliphatic rings. The number of ether oxygens (including phenoxy) is 1. The van der Waals surface area contributed by atoms with Gasteiger partial charge in [0.2, 0.25) is 0 Å². The van der Waals surface area contributed by atoms with Gasteiger partial charge in [-0.3, -0.25) is 14.6 Å². The first-order chi connectivity index (χ1) is 18.4. The number of amides is 1. The molecule has 0 spiro atoms. The summed E-state index contributed by atoms with van der Waals surface area (Å²) in [5.74, 6) is -1.00. The molecule has 1 saturated heterocycles. The van der Waals surface area contributed by atoms with Crippen LogP contribution in [0.4, 0.5) is 0 Å². The van der Waals surface area contributed by atoms with Crippen molar-refractivity contribution in [1.82, 2.24) is 9.88 Å². The summed E-state index contributed by atoms with van der Waals surface area (Å²) in [4.78, 5) is 32.1. The van der Waals surface area contributed by atoms with Gasteiger partial charge in [-0.15, -0.1) is 0 Å². The molecule has 1 atom stereocenters. The molecule has 0 saturated carbocycles. The molecule has 0 radical (unpaired) electrons. The van der Waals surface area contributed by atoms with Crippen molar-refractivity contribution < 1.29 is 19.4 Å². The molecule has 1 fully saturated rings. The average molecular weight is 525 g/mol. The lowest BCUT2D eigenvalue weighted by molar-refractivity contribution is -0.140. The van der Waals surface area contributed by atoms with Crippen LogP contribution in [0.5, 0.6) is 5.75 Å². The zero-order chi connectivity index (χ0) is 26.6. The predicted octanol–water partition coefficient (Wildman–Crippen LogP) is 6.24. The third-order valence-corrected chi connectivity index (χ3v) is 6.74. The molecule has 7 heteroatoms. The first kappa shape index (κ1) is 25.2. The van der Waals surface area contributed by atoms with Crippen LogP contribution in [-0.2, 0) is 22.7 Å². The van der Waals surface area contributed by atoms with E-state index in [1.165, 1.54) is 4.90 Å². The Labute approximate surface area is 225 Å². The molecule has 0 unspecified atom stereocenters. The highest BCUT2D eigenvalue weighted by Gasteiger charge is 2.46. The summed E-state index contributed by atoms with van der Waals surface area (Å²) in [6, 6.07) is 24.8. The van der Waals surface area contributed by atoms with Crippen molar-refractivity contribution in [3.05, 3.63) is 136 Å². The number of likely N-dealkylation sites (tertiary alicyclic amines) is 1. The van der Waals surface area contributed by atoms with E-state index in [0.717, 1.165) is 16.7 Å². The quantitative estimate of drug-likeness (QED) is 0.176. The molecular formula is C31H25ClN2O4. The number of halogens is 1. The van der Waals surface area contributed by atoms with Crippen LogP contribution in [0.2, 0.25) is 5.02 Å². The van der Waals surface area contributed by atoms with Gasteiger partial charge in [0, 0.05) is 29.5 Å². The van der Waals surface area contributed by atoms with E-state index < -0.39 is 17.7 Å². The first-order valence-electron chi connectivity index (χ1n) is 12.1. The van der Waals surface area contributed by atoms with E-state index in [9.17, 15) is 14.7 Å². The zero-order valence-electron chi connectivity index (χ0n) is 20.7. The molecule has 1 amide bonds. The molecule has 4 aromatic rings. The smallest absolute Gasteiger partial charge is 0.295 e. The van der Waals surface area contributed by atoms with Gasteiger partial charge in [0.1, 0.15) is 18.1 Å². The predicted molar refractivity (Wildman–Crippen MR) is 145 cm³/mol. The average Bonchev–Trinajstić information content (AvgIpc) is 3.18. The number of carbonyl (C=O) groups is 2. The van der Waals surface area contributed by atoms with Gasteiger partial charge in [0.05, 0.1) is 11.6 Å². The number of carbonyl (C=O) groups excluding carboxylic acids is 2. The van der Waals surface area contributed by atoms with E-state index in [2.05, 4.69) is 4.98 Å². The van der Waals surface area contributed by atoms with E-state index in [0.29, 0.717) is 28.5 Å². The number of aromatic nitrogens is 1. The number of hydrogen-bond donors (Lipinski definition) is 1. The van der Waals surface area contributed by atoms with Crippen molar-refractivity contribution in [3.63, 3.8) is 0 Å². The van der Waals surface area contributed by atoms with Crippen LogP contribution >= 0.6 is 11.6 Å². The van der Waals surface area contributed by atoms with Gasteiger partial charge in [-0.25, -0.2) is 0 Å². The van der Waals surface area contributed by atoms with E-state index in [1.807, 2.05) is 43.3 Å². The summed E-state index contributed by atoms with van der Waals surface area (Å²) in [5, 5.41) is 11.9. The molecule has 6 nitrogen and oxygen atoms in total. The van der Waals surface area contributed by atoms with Crippen molar-refractivity contribution in [3.8, 4) is 5.75 Å². The number of benzene rings is 3. The number of nitrogens with zero attached hydrogens (tertiary/aromatic N) is 2. The Morgan fingerprint density at radius 3 is 2.39 bits per heavy atom. The summed E-state index contributed by atoms with van der Waals surface area (Å²) >= 11 is 6.10. The van der Waals surface area contributed by atoms with Crippen LogP contribution in [0, 0.1) is 6.92 Å². The third-order valence-electron chi connectivity index (χ3n) is 6.49. The Morgan fingerprint density at radius 1 is 0.974 bits per heavy atom. The molecule has 1 aliphatic heterocycles. The van der Waals surface area contributed by atoms with Crippen molar-refractivity contribution >= 4 is 29.1 Å². The minimum absolute atomic E-state index is 0.0265. The lowest BCUT2D eigenvalue weighted by Crippen LogP contribution is -2.29. The normalized spacial score (nSPS) is 16.6. The summed E-state index contributed by atoms with van der Waals surface area (Å²) in [7, 11) is 0. The number of pyridine rings is 1. The number of aryl methyl sites for hydroxylation is 1. The molecule has 190 valence electrons. The van der Waals surface area contributed by atoms with Crippen molar-refractivity contribution in [2.45, 2.75) is 26.1 Å². The van der Waals surface area contributed by atoms with Gasteiger partial charge >= 0.3 is 0 Å². The Morgan fingerprint density at radius 2 is 1.71 bits per heavy atom. The largest absolute Gasteiger partial charge is 0.507 e. The van der Waals surface area contributed by atoms with Crippen LogP contribution in [0.25, 0.3) is 5.76 Å². The maximum atomic E-state index is 13.3. The molecule has 38 heavy (non-hydrogen) atoms. The van der Waals surface area contributed by atoms with Gasteiger partial charge in [-0.1, -0.05) is 60.1 Å². The summed E-state index contributed by atoms with van der Waals surface area (Å²) in [5.41, 5.74) is 3.71. The van der Waals surface area contributed by atoms with E-state index >= 15 is 0 Å². The minimum atomic E-state index is -0.790. The summed E-state index contributed by atoms with van der Waals surface area (Å²) in [6.45, 7) is 2.44.